The van der Waals surface area contributed by atoms with Gasteiger partial charge in [0.05, 0.1) is 36.8 Å². The van der Waals surface area contributed by atoms with Crippen molar-refractivity contribution in [1.29, 1.82) is 0 Å². The maximum Gasteiger partial charge on any atom is 0.410 e. The van der Waals surface area contributed by atoms with Crippen molar-refractivity contribution in [3.05, 3.63) is 36.0 Å². The van der Waals surface area contributed by atoms with Crippen molar-refractivity contribution in [2.45, 2.75) is 51.9 Å². The molecule has 1 fully saturated rings. The van der Waals surface area contributed by atoms with Crippen LogP contribution in [0.4, 0.5) is 4.79 Å². The summed E-state index contributed by atoms with van der Waals surface area (Å²) in [5, 5.41) is 11.8. The van der Waals surface area contributed by atoms with E-state index in [0.29, 0.717) is 19.6 Å². The van der Waals surface area contributed by atoms with E-state index >= 15 is 0 Å². The zero-order valence-electron chi connectivity index (χ0n) is 15.1. The smallest absolute Gasteiger partial charge is 0.410 e. The Labute approximate surface area is 147 Å². The second-order valence-electron chi connectivity index (χ2n) is 7.34. The van der Waals surface area contributed by atoms with Gasteiger partial charge in [-0.05, 0) is 39.8 Å². The maximum atomic E-state index is 12.0. The largest absolute Gasteiger partial charge is 0.468 e. The molecule has 1 saturated heterocycles. The molecular weight excluding hydrogens is 322 g/mol. The van der Waals surface area contributed by atoms with E-state index in [4.69, 9.17) is 9.15 Å². The highest BCUT2D eigenvalue weighted by Gasteiger charge is 2.35. The quantitative estimate of drug-likeness (QED) is 0.894. The van der Waals surface area contributed by atoms with E-state index in [9.17, 15) is 4.79 Å². The summed E-state index contributed by atoms with van der Waals surface area (Å²) >= 11 is 0. The van der Waals surface area contributed by atoms with Crippen molar-refractivity contribution < 1.29 is 13.9 Å². The van der Waals surface area contributed by atoms with E-state index in [1.54, 1.807) is 11.2 Å². The first-order chi connectivity index (χ1) is 11.8. The predicted molar refractivity (Wildman–Crippen MR) is 90.8 cm³/mol. The zero-order valence-corrected chi connectivity index (χ0v) is 15.1. The van der Waals surface area contributed by atoms with Crippen LogP contribution in [0, 0.1) is 0 Å². The lowest BCUT2D eigenvalue weighted by Gasteiger charge is -2.39. The molecule has 1 atom stereocenters. The molecule has 1 N–H and O–H groups in total. The highest BCUT2D eigenvalue weighted by molar-refractivity contribution is 5.69. The predicted octanol–water partition coefficient (Wildman–Crippen LogP) is 2.51. The minimum Gasteiger partial charge on any atom is -0.468 e. The van der Waals surface area contributed by atoms with E-state index < -0.39 is 5.60 Å². The Morgan fingerprint density at radius 1 is 1.48 bits per heavy atom. The number of hydrogen-bond donors (Lipinski definition) is 1. The SMILES string of the molecule is CC(NCc1ccco1)c1cn(C2CN(C(=O)OC(C)(C)C)C2)nn1. The topological polar surface area (TPSA) is 85.4 Å². The molecule has 1 unspecified atom stereocenters. The number of likely N-dealkylation sites (tertiary alicyclic amines) is 1. The van der Waals surface area contributed by atoms with Gasteiger partial charge in [0.15, 0.2) is 0 Å². The molecule has 1 amide bonds. The molecule has 8 heteroatoms. The average Bonchev–Trinajstić information content (AvgIpc) is 3.12. The van der Waals surface area contributed by atoms with Gasteiger partial charge in [-0.15, -0.1) is 5.10 Å². The van der Waals surface area contributed by atoms with Gasteiger partial charge in [0.2, 0.25) is 0 Å². The third-order valence-corrected chi connectivity index (χ3v) is 4.02. The Morgan fingerprint density at radius 2 is 2.24 bits per heavy atom. The highest BCUT2D eigenvalue weighted by Crippen LogP contribution is 2.23. The zero-order chi connectivity index (χ0) is 18.0. The molecule has 3 heterocycles. The summed E-state index contributed by atoms with van der Waals surface area (Å²) in [6.45, 7) is 9.44. The second-order valence-corrected chi connectivity index (χ2v) is 7.34. The minimum absolute atomic E-state index is 0.0564. The van der Waals surface area contributed by atoms with Crippen LogP contribution in [-0.4, -0.2) is 44.7 Å². The Hall–Kier alpha value is -2.35. The van der Waals surface area contributed by atoms with Crippen molar-refractivity contribution >= 4 is 6.09 Å². The number of nitrogens with zero attached hydrogens (tertiary/aromatic N) is 4. The van der Waals surface area contributed by atoms with Gasteiger partial charge in [-0.3, -0.25) is 0 Å². The summed E-state index contributed by atoms with van der Waals surface area (Å²) in [6, 6.07) is 3.99. The molecule has 2 aromatic rings. The summed E-state index contributed by atoms with van der Waals surface area (Å²) in [7, 11) is 0. The number of rotatable bonds is 5. The van der Waals surface area contributed by atoms with Gasteiger partial charge in [-0.2, -0.15) is 0 Å². The molecular formula is C17H25N5O3. The normalized spacial score (nSPS) is 16.6. The van der Waals surface area contributed by atoms with E-state index in [2.05, 4.69) is 15.6 Å². The van der Waals surface area contributed by atoms with Crippen LogP contribution in [0.2, 0.25) is 0 Å². The standard InChI is InChI=1S/C17H25N5O3/c1-12(18-8-14-6-5-7-24-14)15-11-22(20-19-15)13-9-21(10-13)16(23)25-17(2,3)4/h5-7,11-13,18H,8-10H2,1-4H3. The minimum atomic E-state index is -0.475. The van der Waals surface area contributed by atoms with Crippen LogP contribution in [-0.2, 0) is 11.3 Å². The first-order valence-electron chi connectivity index (χ1n) is 8.47. The van der Waals surface area contributed by atoms with Gasteiger partial charge >= 0.3 is 6.09 Å². The molecule has 1 aliphatic heterocycles. The molecule has 2 aromatic heterocycles. The van der Waals surface area contributed by atoms with E-state index in [1.807, 2.05) is 50.7 Å². The van der Waals surface area contributed by atoms with E-state index in [1.165, 1.54) is 0 Å². The molecule has 25 heavy (non-hydrogen) atoms. The van der Waals surface area contributed by atoms with Gasteiger partial charge in [0.25, 0.3) is 0 Å². The van der Waals surface area contributed by atoms with Crippen LogP contribution < -0.4 is 5.32 Å². The number of carbonyl (C=O) groups is 1. The van der Waals surface area contributed by atoms with Crippen molar-refractivity contribution in [2.24, 2.45) is 0 Å². The van der Waals surface area contributed by atoms with Gasteiger partial charge < -0.3 is 19.4 Å². The first-order valence-corrected chi connectivity index (χ1v) is 8.47. The summed E-state index contributed by atoms with van der Waals surface area (Å²) < 4.78 is 12.5. The second kappa shape index (κ2) is 6.87. The number of hydrogen-bond acceptors (Lipinski definition) is 6. The Balaban J connectivity index is 1.48. The van der Waals surface area contributed by atoms with Crippen LogP contribution in [0.25, 0.3) is 0 Å². The van der Waals surface area contributed by atoms with Gasteiger partial charge in [-0.25, -0.2) is 9.48 Å². The molecule has 0 spiro atoms. The van der Waals surface area contributed by atoms with Crippen LogP contribution in [0.5, 0.6) is 0 Å². The number of furan rings is 1. The Morgan fingerprint density at radius 3 is 2.88 bits per heavy atom. The molecule has 0 saturated carbocycles. The van der Waals surface area contributed by atoms with Gasteiger partial charge in [0.1, 0.15) is 11.4 Å². The molecule has 136 valence electrons. The van der Waals surface area contributed by atoms with Gasteiger partial charge in [0, 0.05) is 13.1 Å². The number of nitrogens with one attached hydrogen (secondary N) is 1. The van der Waals surface area contributed by atoms with Crippen molar-refractivity contribution in [1.82, 2.24) is 25.2 Å². The first kappa shape index (κ1) is 17.5. The lowest BCUT2D eigenvalue weighted by molar-refractivity contribution is -0.000618. The molecule has 0 radical (unpaired) electrons. The third-order valence-electron chi connectivity index (χ3n) is 4.02. The monoisotopic (exact) mass is 347 g/mol. The molecule has 1 aliphatic rings. The molecule has 0 aromatic carbocycles. The van der Waals surface area contributed by atoms with Crippen molar-refractivity contribution in [3.8, 4) is 0 Å². The highest BCUT2D eigenvalue weighted by atomic mass is 16.6. The van der Waals surface area contributed by atoms with Crippen LogP contribution in [0.15, 0.2) is 29.0 Å². The third kappa shape index (κ3) is 4.39. The van der Waals surface area contributed by atoms with Crippen molar-refractivity contribution in [3.63, 3.8) is 0 Å². The van der Waals surface area contributed by atoms with Crippen molar-refractivity contribution in [2.75, 3.05) is 13.1 Å². The Bertz CT molecular complexity index is 698. The summed E-state index contributed by atoms with van der Waals surface area (Å²) in [6.07, 6.45) is 3.31. The van der Waals surface area contributed by atoms with Crippen LogP contribution >= 0.6 is 0 Å². The molecule has 3 rings (SSSR count). The fourth-order valence-electron chi connectivity index (χ4n) is 2.54. The Kier molecular flexibility index (Phi) is 4.80. The number of amides is 1. The van der Waals surface area contributed by atoms with Crippen LogP contribution in [0.3, 0.4) is 0 Å². The lowest BCUT2D eigenvalue weighted by atomic mass is 10.1. The van der Waals surface area contributed by atoms with E-state index in [-0.39, 0.29) is 18.2 Å². The number of carbonyl (C=O) groups excluding carboxylic acids is 1. The fourth-order valence-corrected chi connectivity index (χ4v) is 2.54. The lowest BCUT2D eigenvalue weighted by Crippen LogP contribution is -2.52. The average molecular weight is 347 g/mol. The summed E-state index contributed by atoms with van der Waals surface area (Å²) in [5.74, 6) is 0.881. The molecule has 8 nitrogen and oxygen atoms in total. The number of ether oxygens (including phenoxy) is 1. The maximum absolute atomic E-state index is 12.0. The summed E-state index contributed by atoms with van der Waals surface area (Å²) in [5.41, 5.74) is 0.389. The fraction of sp³-hybridized carbons (Fsp3) is 0.588. The number of aromatic nitrogens is 3. The van der Waals surface area contributed by atoms with E-state index in [0.717, 1.165) is 11.5 Å². The molecule has 0 bridgehead atoms. The molecule has 0 aliphatic carbocycles. The van der Waals surface area contributed by atoms with Gasteiger partial charge in [-0.1, -0.05) is 5.21 Å². The van der Waals surface area contributed by atoms with Crippen LogP contribution in [0.1, 0.15) is 51.2 Å². The summed E-state index contributed by atoms with van der Waals surface area (Å²) in [4.78, 5) is 13.6.